The van der Waals surface area contributed by atoms with Gasteiger partial charge in [0.2, 0.25) is 0 Å². The smallest absolute Gasteiger partial charge is 0.122 e. The summed E-state index contributed by atoms with van der Waals surface area (Å²) in [6.07, 6.45) is 3.69. The van der Waals surface area contributed by atoms with Crippen molar-refractivity contribution in [1.82, 2.24) is 0 Å². The Bertz CT molecular complexity index is 545. The molecule has 0 saturated heterocycles. The summed E-state index contributed by atoms with van der Waals surface area (Å²) in [6.45, 7) is 0. The highest BCUT2D eigenvalue weighted by atomic mass is 16.5. The molecule has 1 atom stereocenters. The van der Waals surface area contributed by atoms with Gasteiger partial charge in [-0.3, -0.25) is 0 Å². The van der Waals surface area contributed by atoms with E-state index in [9.17, 15) is 0 Å². The first-order valence-electron chi connectivity index (χ1n) is 6.61. The SMILES string of the molecule is COc1ccccc1C1CCCc2ccccc21. The second-order valence-electron chi connectivity index (χ2n) is 4.89. The maximum atomic E-state index is 5.51. The minimum absolute atomic E-state index is 0.492. The summed E-state index contributed by atoms with van der Waals surface area (Å²) >= 11 is 0. The number of para-hydroxylation sites is 1. The number of aryl methyl sites for hydroxylation is 1. The molecule has 0 amide bonds. The first-order valence-corrected chi connectivity index (χ1v) is 6.61. The Hall–Kier alpha value is -1.76. The molecule has 2 aromatic rings. The highest BCUT2D eigenvalue weighted by Gasteiger charge is 2.23. The molecule has 1 aliphatic rings. The Labute approximate surface area is 108 Å². The molecular formula is C17H18O. The van der Waals surface area contributed by atoms with Gasteiger partial charge in [0.15, 0.2) is 0 Å². The average molecular weight is 238 g/mol. The fraction of sp³-hybridized carbons (Fsp3) is 0.294. The van der Waals surface area contributed by atoms with E-state index in [0.29, 0.717) is 5.92 Å². The van der Waals surface area contributed by atoms with Gasteiger partial charge in [0.1, 0.15) is 5.75 Å². The van der Waals surface area contributed by atoms with Gasteiger partial charge in [-0.2, -0.15) is 0 Å². The van der Waals surface area contributed by atoms with E-state index in [-0.39, 0.29) is 0 Å². The maximum Gasteiger partial charge on any atom is 0.122 e. The number of fused-ring (bicyclic) bond motifs is 1. The van der Waals surface area contributed by atoms with Crippen molar-refractivity contribution in [2.24, 2.45) is 0 Å². The monoisotopic (exact) mass is 238 g/mol. The van der Waals surface area contributed by atoms with Gasteiger partial charge in [0, 0.05) is 11.5 Å². The molecule has 0 spiro atoms. The van der Waals surface area contributed by atoms with Crippen LogP contribution in [0, 0.1) is 0 Å². The normalized spacial score (nSPS) is 18.2. The zero-order valence-electron chi connectivity index (χ0n) is 10.7. The molecule has 0 saturated carbocycles. The Balaban J connectivity index is 2.08. The predicted molar refractivity (Wildman–Crippen MR) is 74.2 cm³/mol. The number of rotatable bonds is 2. The average Bonchev–Trinajstić information content (AvgIpc) is 2.46. The number of ether oxygens (including phenoxy) is 1. The van der Waals surface area contributed by atoms with Crippen molar-refractivity contribution in [2.75, 3.05) is 7.11 Å². The van der Waals surface area contributed by atoms with Gasteiger partial charge < -0.3 is 4.74 Å². The van der Waals surface area contributed by atoms with Crippen LogP contribution in [0.15, 0.2) is 48.5 Å². The van der Waals surface area contributed by atoms with E-state index in [1.54, 1.807) is 7.11 Å². The van der Waals surface area contributed by atoms with Crippen LogP contribution in [0.1, 0.15) is 35.4 Å². The molecule has 0 fully saturated rings. The third-order valence-electron chi connectivity index (χ3n) is 3.88. The summed E-state index contributed by atoms with van der Waals surface area (Å²) in [7, 11) is 1.76. The van der Waals surface area contributed by atoms with Crippen molar-refractivity contribution >= 4 is 0 Å². The molecule has 92 valence electrons. The van der Waals surface area contributed by atoms with Crippen LogP contribution in [0.25, 0.3) is 0 Å². The molecule has 0 bridgehead atoms. The van der Waals surface area contributed by atoms with E-state index in [4.69, 9.17) is 4.74 Å². The lowest BCUT2D eigenvalue weighted by molar-refractivity contribution is 0.405. The molecule has 1 nitrogen and oxygen atoms in total. The molecule has 0 aromatic heterocycles. The number of hydrogen-bond donors (Lipinski definition) is 0. The van der Waals surface area contributed by atoms with Crippen LogP contribution >= 0.6 is 0 Å². The molecule has 1 aliphatic carbocycles. The summed E-state index contributed by atoms with van der Waals surface area (Å²) in [4.78, 5) is 0. The molecule has 2 aromatic carbocycles. The first-order chi connectivity index (χ1) is 8.90. The second-order valence-corrected chi connectivity index (χ2v) is 4.89. The van der Waals surface area contributed by atoms with E-state index in [2.05, 4.69) is 42.5 Å². The van der Waals surface area contributed by atoms with Gasteiger partial charge in [-0.25, -0.2) is 0 Å². The van der Waals surface area contributed by atoms with Gasteiger partial charge in [-0.15, -0.1) is 0 Å². The number of benzene rings is 2. The van der Waals surface area contributed by atoms with Crippen molar-refractivity contribution in [2.45, 2.75) is 25.2 Å². The standard InChI is InChI=1S/C17H18O/c1-18-17-12-5-4-10-16(17)15-11-6-8-13-7-2-3-9-14(13)15/h2-5,7,9-10,12,15H,6,8,11H2,1H3. The summed E-state index contributed by atoms with van der Waals surface area (Å²) < 4.78 is 5.51. The zero-order chi connectivity index (χ0) is 12.4. The fourth-order valence-electron chi connectivity index (χ4n) is 3.03. The molecule has 0 radical (unpaired) electrons. The topological polar surface area (TPSA) is 9.23 Å². The molecule has 0 heterocycles. The first kappa shape index (κ1) is 11.3. The lowest BCUT2D eigenvalue weighted by Gasteiger charge is -2.27. The van der Waals surface area contributed by atoms with E-state index in [1.165, 1.54) is 36.0 Å². The lowest BCUT2D eigenvalue weighted by Crippen LogP contribution is -2.11. The Kier molecular flexibility index (Phi) is 3.06. The van der Waals surface area contributed by atoms with Crippen molar-refractivity contribution in [3.63, 3.8) is 0 Å². The summed E-state index contributed by atoms with van der Waals surface area (Å²) in [5.41, 5.74) is 4.31. The highest BCUT2D eigenvalue weighted by molar-refractivity contribution is 5.45. The molecule has 1 unspecified atom stereocenters. The summed E-state index contributed by atoms with van der Waals surface area (Å²) in [5.74, 6) is 1.50. The second kappa shape index (κ2) is 4.85. The zero-order valence-corrected chi connectivity index (χ0v) is 10.7. The predicted octanol–water partition coefficient (Wildman–Crippen LogP) is 4.16. The van der Waals surface area contributed by atoms with Gasteiger partial charge in [0.05, 0.1) is 7.11 Å². The minimum Gasteiger partial charge on any atom is -0.496 e. The van der Waals surface area contributed by atoms with Gasteiger partial charge in [-0.05, 0) is 36.5 Å². The van der Waals surface area contributed by atoms with Crippen LogP contribution in [0.4, 0.5) is 0 Å². The third kappa shape index (κ3) is 1.90. The van der Waals surface area contributed by atoms with Crippen LogP contribution in [0.5, 0.6) is 5.75 Å². The summed E-state index contributed by atoms with van der Waals surface area (Å²) in [6, 6.07) is 17.2. The Morgan fingerprint density at radius 3 is 2.50 bits per heavy atom. The van der Waals surface area contributed by atoms with Crippen LogP contribution < -0.4 is 4.74 Å². The van der Waals surface area contributed by atoms with Gasteiger partial charge in [0.25, 0.3) is 0 Å². The lowest BCUT2D eigenvalue weighted by atomic mass is 9.79. The summed E-state index contributed by atoms with van der Waals surface area (Å²) in [5, 5.41) is 0. The minimum atomic E-state index is 0.492. The van der Waals surface area contributed by atoms with Crippen molar-refractivity contribution in [1.29, 1.82) is 0 Å². The third-order valence-corrected chi connectivity index (χ3v) is 3.88. The fourth-order valence-corrected chi connectivity index (χ4v) is 3.03. The van der Waals surface area contributed by atoms with E-state index < -0.39 is 0 Å². The van der Waals surface area contributed by atoms with Crippen LogP contribution in [-0.2, 0) is 6.42 Å². The molecule has 18 heavy (non-hydrogen) atoms. The Morgan fingerprint density at radius 1 is 0.944 bits per heavy atom. The number of hydrogen-bond acceptors (Lipinski definition) is 1. The largest absolute Gasteiger partial charge is 0.496 e. The number of methoxy groups -OCH3 is 1. The maximum absolute atomic E-state index is 5.51. The van der Waals surface area contributed by atoms with E-state index in [1.807, 2.05) is 6.07 Å². The van der Waals surface area contributed by atoms with Crippen molar-refractivity contribution in [3.05, 3.63) is 65.2 Å². The van der Waals surface area contributed by atoms with Crippen molar-refractivity contribution < 1.29 is 4.74 Å². The van der Waals surface area contributed by atoms with Crippen molar-refractivity contribution in [3.8, 4) is 5.75 Å². The van der Waals surface area contributed by atoms with Gasteiger partial charge in [-0.1, -0.05) is 42.5 Å². The van der Waals surface area contributed by atoms with E-state index >= 15 is 0 Å². The molecule has 1 heteroatoms. The molecule has 0 aliphatic heterocycles. The van der Waals surface area contributed by atoms with E-state index in [0.717, 1.165) is 5.75 Å². The van der Waals surface area contributed by atoms with Crippen LogP contribution in [-0.4, -0.2) is 7.11 Å². The van der Waals surface area contributed by atoms with Crippen LogP contribution in [0.3, 0.4) is 0 Å². The quantitative estimate of drug-likeness (QED) is 0.763. The molecule has 0 N–H and O–H groups in total. The Morgan fingerprint density at radius 2 is 1.67 bits per heavy atom. The highest BCUT2D eigenvalue weighted by Crippen LogP contribution is 2.40. The molecule has 3 rings (SSSR count). The van der Waals surface area contributed by atoms with Crippen LogP contribution in [0.2, 0.25) is 0 Å². The van der Waals surface area contributed by atoms with Gasteiger partial charge >= 0.3 is 0 Å². The molecular weight excluding hydrogens is 220 g/mol.